The van der Waals surface area contributed by atoms with E-state index in [0.717, 1.165) is 12.0 Å². The minimum absolute atomic E-state index is 0.738. The fourth-order valence-corrected chi connectivity index (χ4v) is 3.69. The van der Waals surface area contributed by atoms with E-state index in [9.17, 15) is 0 Å². The van der Waals surface area contributed by atoms with E-state index in [4.69, 9.17) is 0 Å². The summed E-state index contributed by atoms with van der Waals surface area (Å²) in [5, 5.41) is 3.76. The van der Waals surface area contributed by atoms with Gasteiger partial charge < -0.3 is 10.2 Å². The van der Waals surface area contributed by atoms with Crippen molar-refractivity contribution < 1.29 is 0 Å². The number of hydrogen-bond acceptors (Lipinski definition) is 3. The lowest BCUT2D eigenvalue weighted by Gasteiger charge is -2.33. The molecule has 0 saturated carbocycles. The summed E-state index contributed by atoms with van der Waals surface area (Å²) < 4.78 is 0. The van der Waals surface area contributed by atoms with Crippen molar-refractivity contribution in [1.82, 2.24) is 10.2 Å². The SMILES string of the molecule is CSCC(C)CNC1CCN(CCc2ccccc2)CC1. The lowest BCUT2D eigenvalue weighted by molar-refractivity contribution is 0.198. The molecule has 0 aromatic heterocycles. The predicted octanol–water partition coefficient (Wildman–Crippen LogP) is 3.28. The molecule has 1 aromatic rings. The second-order valence-corrected chi connectivity index (χ2v) is 7.23. The summed E-state index contributed by atoms with van der Waals surface area (Å²) >= 11 is 1.95. The van der Waals surface area contributed by atoms with E-state index in [1.165, 1.54) is 56.8 Å². The van der Waals surface area contributed by atoms with Gasteiger partial charge in [-0.3, -0.25) is 0 Å². The Labute approximate surface area is 134 Å². The molecule has 1 aliphatic heterocycles. The Hall–Kier alpha value is -0.510. The van der Waals surface area contributed by atoms with Crippen LogP contribution in [0, 0.1) is 5.92 Å². The van der Waals surface area contributed by atoms with E-state index in [1.54, 1.807) is 0 Å². The molecule has 1 aromatic carbocycles. The van der Waals surface area contributed by atoms with Gasteiger partial charge in [0, 0.05) is 12.6 Å². The van der Waals surface area contributed by atoms with Gasteiger partial charge in [-0.1, -0.05) is 37.3 Å². The number of nitrogens with one attached hydrogen (secondary N) is 1. The molecule has 1 saturated heterocycles. The van der Waals surface area contributed by atoms with Gasteiger partial charge in [-0.15, -0.1) is 0 Å². The molecule has 0 bridgehead atoms. The fraction of sp³-hybridized carbons (Fsp3) is 0.667. The Kier molecular flexibility index (Phi) is 7.62. The van der Waals surface area contributed by atoms with E-state index in [1.807, 2.05) is 11.8 Å². The van der Waals surface area contributed by atoms with Crippen LogP contribution in [-0.4, -0.2) is 49.1 Å². The molecule has 1 fully saturated rings. The smallest absolute Gasteiger partial charge is 0.00915 e. The summed E-state index contributed by atoms with van der Waals surface area (Å²) in [6.07, 6.45) is 5.99. The van der Waals surface area contributed by atoms with Gasteiger partial charge in [0.05, 0.1) is 0 Å². The van der Waals surface area contributed by atoms with Crippen LogP contribution in [0.15, 0.2) is 30.3 Å². The first kappa shape index (κ1) is 16.9. The fourth-order valence-electron chi connectivity index (χ4n) is 3.00. The van der Waals surface area contributed by atoms with Crippen molar-refractivity contribution in [1.29, 1.82) is 0 Å². The molecular weight excluding hydrogens is 276 g/mol. The van der Waals surface area contributed by atoms with Crippen LogP contribution in [0.25, 0.3) is 0 Å². The van der Waals surface area contributed by atoms with Crippen LogP contribution in [-0.2, 0) is 6.42 Å². The van der Waals surface area contributed by atoms with Gasteiger partial charge >= 0.3 is 0 Å². The van der Waals surface area contributed by atoms with Gasteiger partial charge in [0.2, 0.25) is 0 Å². The van der Waals surface area contributed by atoms with Gasteiger partial charge in [-0.25, -0.2) is 0 Å². The summed E-state index contributed by atoms with van der Waals surface area (Å²) in [5.74, 6) is 2.05. The predicted molar refractivity (Wildman–Crippen MR) is 95.2 cm³/mol. The van der Waals surface area contributed by atoms with Gasteiger partial charge in [0.25, 0.3) is 0 Å². The molecule has 0 radical (unpaired) electrons. The van der Waals surface area contributed by atoms with E-state index in [2.05, 4.69) is 53.7 Å². The highest BCUT2D eigenvalue weighted by Crippen LogP contribution is 2.12. The minimum Gasteiger partial charge on any atom is -0.314 e. The second-order valence-electron chi connectivity index (χ2n) is 6.32. The molecule has 118 valence electrons. The molecule has 21 heavy (non-hydrogen) atoms. The van der Waals surface area contributed by atoms with Crippen molar-refractivity contribution in [3.63, 3.8) is 0 Å². The molecule has 3 heteroatoms. The second kappa shape index (κ2) is 9.50. The third-order valence-electron chi connectivity index (χ3n) is 4.35. The first-order valence-corrected chi connectivity index (χ1v) is 9.66. The van der Waals surface area contributed by atoms with Crippen LogP contribution < -0.4 is 5.32 Å². The van der Waals surface area contributed by atoms with Crippen molar-refractivity contribution in [2.75, 3.05) is 38.2 Å². The van der Waals surface area contributed by atoms with Crippen molar-refractivity contribution in [2.24, 2.45) is 5.92 Å². The quantitative estimate of drug-likeness (QED) is 0.793. The van der Waals surface area contributed by atoms with Crippen molar-refractivity contribution in [2.45, 2.75) is 32.2 Å². The monoisotopic (exact) mass is 306 g/mol. The summed E-state index contributed by atoms with van der Waals surface area (Å²) in [4.78, 5) is 2.62. The third kappa shape index (κ3) is 6.41. The number of hydrogen-bond donors (Lipinski definition) is 1. The van der Waals surface area contributed by atoms with Crippen molar-refractivity contribution in [3.8, 4) is 0 Å². The molecule has 1 atom stereocenters. The summed E-state index contributed by atoms with van der Waals surface area (Å²) in [5.41, 5.74) is 1.46. The Morgan fingerprint density at radius 3 is 2.62 bits per heavy atom. The normalized spacial score (nSPS) is 18.8. The van der Waals surface area contributed by atoms with Crippen molar-refractivity contribution in [3.05, 3.63) is 35.9 Å². The molecule has 2 nitrogen and oxygen atoms in total. The van der Waals surface area contributed by atoms with E-state index in [0.29, 0.717) is 0 Å². The average Bonchev–Trinajstić information content (AvgIpc) is 2.53. The first-order valence-electron chi connectivity index (χ1n) is 8.26. The highest BCUT2D eigenvalue weighted by atomic mass is 32.2. The first-order chi connectivity index (χ1) is 10.3. The van der Waals surface area contributed by atoms with Crippen LogP contribution in [0.4, 0.5) is 0 Å². The van der Waals surface area contributed by atoms with Crippen molar-refractivity contribution >= 4 is 11.8 Å². The van der Waals surface area contributed by atoms with Crippen LogP contribution in [0.2, 0.25) is 0 Å². The molecule has 0 amide bonds. The standard InChI is InChI=1S/C18H30N2S/c1-16(15-21-2)14-19-18-9-12-20(13-10-18)11-8-17-6-4-3-5-7-17/h3-7,16,18-19H,8-15H2,1-2H3. The third-order valence-corrected chi connectivity index (χ3v) is 5.26. The van der Waals surface area contributed by atoms with Gasteiger partial charge in [-0.05, 0) is 62.4 Å². The van der Waals surface area contributed by atoms with E-state index in [-0.39, 0.29) is 0 Å². The number of nitrogens with zero attached hydrogens (tertiary/aromatic N) is 1. The summed E-state index contributed by atoms with van der Waals surface area (Å²) in [6, 6.07) is 11.6. The minimum atomic E-state index is 0.738. The Morgan fingerprint density at radius 2 is 1.95 bits per heavy atom. The van der Waals surface area contributed by atoms with Crippen LogP contribution in [0.5, 0.6) is 0 Å². The molecule has 1 N–H and O–H groups in total. The molecular formula is C18H30N2S. The lowest BCUT2D eigenvalue weighted by atomic mass is 10.0. The Balaban J connectivity index is 1.60. The maximum atomic E-state index is 3.76. The number of piperidine rings is 1. The van der Waals surface area contributed by atoms with E-state index >= 15 is 0 Å². The number of likely N-dealkylation sites (tertiary alicyclic amines) is 1. The highest BCUT2D eigenvalue weighted by molar-refractivity contribution is 7.98. The molecule has 1 aliphatic rings. The van der Waals surface area contributed by atoms with Gasteiger partial charge in [0.15, 0.2) is 0 Å². The van der Waals surface area contributed by atoms with Gasteiger partial charge in [0.1, 0.15) is 0 Å². The zero-order valence-corrected chi connectivity index (χ0v) is 14.4. The summed E-state index contributed by atoms with van der Waals surface area (Å²) in [7, 11) is 0. The molecule has 0 aliphatic carbocycles. The van der Waals surface area contributed by atoms with Crippen LogP contribution >= 0.6 is 11.8 Å². The zero-order valence-electron chi connectivity index (χ0n) is 13.6. The molecule has 1 unspecified atom stereocenters. The average molecular weight is 307 g/mol. The van der Waals surface area contributed by atoms with Gasteiger partial charge in [-0.2, -0.15) is 11.8 Å². The maximum Gasteiger partial charge on any atom is 0.00915 e. The maximum absolute atomic E-state index is 3.76. The number of benzene rings is 1. The van der Waals surface area contributed by atoms with E-state index < -0.39 is 0 Å². The Morgan fingerprint density at radius 1 is 1.24 bits per heavy atom. The van der Waals surface area contributed by atoms with Crippen LogP contribution in [0.3, 0.4) is 0 Å². The Bertz CT molecular complexity index is 374. The largest absolute Gasteiger partial charge is 0.314 e. The summed E-state index contributed by atoms with van der Waals surface area (Å²) in [6.45, 7) is 7.23. The number of rotatable bonds is 8. The zero-order chi connectivity index (χ0) is 14.9. The molecule has 1 heterocycles. The lowest BCUT2D eigenvalue weighted by Crippen LogP contribution is -2.44. The topological polar surface area (TPSA) is 15.3 Å². The highest BCUT2D eigenvalue weighted by Gasteiger charge is 2.18. The number of thioether (sulfide) groups is 1. The molecule has 0 spiro atoms. The van der Waals surface area contributed by atoms with Crippen LogP contribution in [0.1, 0.15) is 25.3 Å². The molecule has 2 rings (SSSR count).